The maximum atomic E-state index is 6.55. The van der Waals surface area contributed by atoms with Crippen molar-refractivity contribution in [2.75, 3.05) is 26.2 Å². The number of halogens is 1. The predicted octanol–water partition coefficient (Wildman–Crippen LogP) is 6.98. The van der Waals surface area contributed by atoms with Gasteiger partial charge in [-0.2, -0.15) is 0 Å². The second-order valence-corrected chi connectivity index (χ2v) is 11.4. The molecule has 0 saturated carbocycles. The molecule has 4 aromatic rings. The summed E-state index contributed by atoms with van der Waals surface area (Å²) in [4.78, 5) is 16.8. The van der Waals surface area contributed by atoms with Crippen LogP contribution in [0, 0.1) is 0 Å². The molecule has 5 heterocycles. The van der Waals surface area contributed by atoms with Gasteiger partial charge in [0.05, 0.1) is 10.7 Å². The molecule has 6 rings (SSSR count). The highest BCUT2D eigenvalue weighted by molar-refractivity contribution is 6.36. The quantitative estimate of drug-likeness (QED) is 0.309. The Morgan fingerprint density at radius 2 is 1.83 bits per heavy atom. The van der Waals surface area contributed by atoms with Gasteiger partial charge in [0.1, 0.15) is 5.65 Å². The molecular weight excluding hydrogens is 466 g/mol. The van der Waals surface area contributed by atoms with E-state index in [1.54, 1.807) is 0 Å². The van der Waals surface area contributed by atoms with Crippen LogP contribution in [-0.4, -0.2) is 63.0 Å². The van der Waals surface area contributed by atoms with Crippen LogP contribution in [0.1, 0.15) is 63.5 Å². The van der Waals surface area contributed by atoms with Crippen LogP contribution in [0.3, 0.4) is 0 Å². The summed E-state index contributed by atoms with van der Waals surface area (Å²) in [5.74, 6) is 0.649. The summed E-state index contributed by atoms with van der Waals surface area (Å²) in [5, 5.41) is 3.06. The van der Waals surface area contributed by atoms with E-state index in [1.165, 1.54) is 79.6 Å². The first kappa shape index (κ1) is 24.0. The van der Waals surface area contributed by atoms with Gasteiger partial charge in [0.2, 0.25) is 0 Å². The van der Waals surface area contributed by atoms with E-state index in [0.717, 1.165) is 34.1 Å². The highest BCUT2D eigenvalue weighted by Crippen LogP contribution is 2.39. The number of aromatic amines is 2. The van der Waals surface area contributed by atoms with Gasteiger partial charge in [-0.1, -0.05) is 24.6 Å². The molecule has 36 heavy (non-hydrogen) atoms. The van der Waals surface area contributed by atoms with Gasteiger partial charge in [-0.15, -0.1) is 0 Å². The second-order valence-electron chi connectivity index (χ2n) is 11.0. The molecule has 0 radical (unpaired) electrons. The number of likely N-dealkylation sites (tertiary alicyclic amines) is 2. The fourth-order valence-corrected chi connectivity index (χ4v) is 6.95. The number of hydrogen-bond donors (Lipinski definition) is 2. The lowest BCUT2D eigenvalue weighted by Crippen LogP contribution is -2.48. The summed E-state index contributed by atoms with van der Waals surface area (Å²) in [6, 6.07) is 10.6. The largest absolute Gasteiger partial charge is 0.354 e. The molecule has 0 aliphatic carbocycles. The maximum Gasteiger partial charge on any atom is 0.139 e. The minimum atomic E-state index is 0.649. The monoisotopic (exact) mass is 503 g/mol. The number of fused-ring (bicyclic) bond motifs is 2. The number of pyridine rings is 1. The summed E-state index contributed by atoms with van der Waals surface area (Å²) >= 11 is 6.55. The summed E-state index contributed by atoms with van der Waals surface area (Å²) in [6.07, 6.45) is 9.84. The van der Waals surface area contributed by atoms with Crippen molar-refractivity contribution in [1.82, 2.24) is 24.8 Å². The Morgan fingerprint density at radius 1 is 1.06 bits per heavy atom. The number of nitrogens with zero attached hydrogens (tertiary/aromatic N) is 3. The van der Waals surface area contributed by atoms with Crippen molar-refractivity contribution < 1.29 is 0 Å². The SMILES string of the molecule is CCc1c(-c2ccnc3[nH]cc(Cl)c23)[nH]c2ccc(C3CCN(C4CCN(C(C)C)CC4)CC3)cc12. The number of piperidine rings is 2. The third-order valence-corrected chi connectivity index (χ3v) is 9.12. The van der Waals surface area contributed by atoms with Gasteiger partial charge in [0.15, 0.2) is 0 Å². The highest BCUT2D eigenvalue weighted by Gasteiger charge is 2.29. The summed E-state index contributed by atoms with van der Waals surface area (Å²) in [5.41, 5.74) is 7.19. The number of hydrogen-bond acceptors (Lipinski definition) is 3. The zero-order valence-corrected chi connectivity index (χ0v) is 22.5. The van der Waals surface area contributed by atoms with Gasteiger partial charge in [-0.25, -0.2) is 4.98 Å². The fourth-order valence-electron chi connectivity index (χ4n) is 6.71. The Kier molecular flexibility index (Phi) is 6.57. The van der Waals surface area contributed by atoms with Crippen LogP contribution in [0.4, 0.5) is 0 Å². The number of aryl methyl sites for hydroxylation is 1. The van der Waals surface area contributed by atoms with Gasteiger partial charge in [-0.05, 0) is 107 Å². The molecule has 0 spiro atoms. The van der Waals surface area contributed by atoms with Crippen molar-refractivity contribution in [2.45, 2.75) is 70.9 Å². The molecule has 2 fully saturated rings. The third kappa shape index (κ3) is 4.25. The van der Waals surface area contributed by atoms with Crippen molar-refractivity contribution in [2.24, 2.45) is 0 Å². The number of nitrogens with one attached hydrogen (secondary N) is 2. The Labute approximate surface area is 219 Å². The molecule has 5 nitrogen and oxygen atoms in total. The number of H-pyrrole nitrogens is 2. The topological polar surface area (TPSA) is 51.0 Å². The molecule has 0 unspecified atom stereocenters. The van der Waals surface area contributed by atoms with E-state index < -0.39 is 0 Å². The Balaban J connectivity index is 1.22. The van der Waals surface area contributed by atoms with Crippen molar-refractivity contribution in [1.29, 1.82) is 0 Å². The van der Waals surface area contributed by atoms with Crippen LogP contribution in [0.5, 0.6) is 0 Å². The maximum absolute atomic E-state index is 6.55. The average Bonchev–Trinajstić information content (AvgIpc) is 3.48. The van der Waals surface area contributed by atoms with Crippen LogP contribution in [0.15, 0.2) is 36.7 Å². The van der Waals surface area contributed by atoms with Crippen LogP contribution in [0.2, 0.25) is 5.02 Å². The van der Waals surface area contributed by atoms with Crippen LogP contribution >= 0.6 is 11.6 Å². The molecule has 0 atom stereocenters. The van der Waals surface area contributed by atoms with Crippen molar-refractivity contribution >= 4 is 33.5 Å². The van der Waals surface area contributed by atoms with Gasteiger partial charge in [0, 0.05) is 46.3 Å². The lowest BCUT2D eigenvalue weighted by molar-refractivity contribution is 0.0753. The zero-order valence-electron chi connectivity index (χ0n) is 21.8. The number of aromatic nitrogens is 3. The molecule has 3 aromatic heterocycles. The first-order valence-corrected chi connectivity index (χ1v) is 14.2. The Bertz CT molecular complexity index is 1350. The fraction of sp³-hybridized carbons (Fsp3) is 0.500. The molecular formula is C30H38ClN5. The van der Waals surface area contributed by atoms with Gasteiger partial charge >= 0.3 is 0 Å². The van der Waals surface area contributed by atoms with E-state index in [1.807, 2.05) is 12.4 Å². The summed E-state index contributed by atoms with van der Waals surface area (Å²) < 4.78 is 0. The van der Waals surface area contributed by atoms with Crippen molar-refractivity contribution in [3.63, 3.8) is 0 Å². The molecule has 0 amide bonds. The van der Waals surface area contributed by atoms with E-state index in [-0.39, 0.29) is 0 Å². The Hall–Kier alpha value is -2.34. The van der Waals surface area contributed by atoms with E-state index in [2.05, 4.69) is 69.8 Å². The summed E-state index contributed by atoms with van der Waals surface area (Å²) in [7, 11) is 0. The second kappa shape index (κ2) is 9.85. The summed E-state index contributed by atoms with van der Waals surface area (Å²) in [6.45, 7) is 11.9. The van der Waals surface area contributed by atoms with E-state index in [0.29, 0.717) is 12.0 Å². The first-order chi connectivity index (χ1) is 17.5. The highest BCUT2D eigenvalue weighted by atomic mass is 35.5. The zero-order chi connectivity index (χ0) is 24.8. The molecule has 2 aliphatic rings. The van der Waals surface area contributed by atoms with Gasteiger partial charge in [-0.3, -0.25) is 0 Å². The average molecular weight is 504 g/mol. The van der Waals surface area contributed by atoms with Crippen LogP contribution in [0.25, 0.3) is 33.2 Å². The molecule has 2 N–H and O–H groups in total. The van der Waals surface area contributed by atoms with E-state index in [9.17, 15) is 0 Å². The van der Waals surface area contributed by atoms with E-state index in [4.69, 9.17) is 11.6 Å². The van der Waals surface area contributed by atoms with Crippen LogP contribution < -0.4 is 0 Å². The standard InChI is InChI=1S/C30H38ClN5/c1-4-23-25-17-21(20-8-13-36(14-9-20)22-10-15-35(16-11-22)19(2)3)5-6-27(25)34-29(23)24-7-12-32-30-28(24)26(31)18-33-30/h5-7,12,17-20,22,34H,4,8-11,13-16H2,1-3H3,(H,32,33). The normalized spacial score (nSPS) is 19.2. The molecule has 0 bridgehead atoms. The molecule has 1 aromatic carbocycles. The third-order valence-electron chi connectivity index (χ3n) is 8.83. The smallest absolute Gasteiger partial charge is 0.139 e. The lowest BCUT2D eigenvalue weighted by Gasteiger charge is -2.43. The van der Waals surface area contributed by atoms with Gasteiger partial charge in [0.25, 0.3) is 0 Å². The lowest BCUT2D eigenvalue weighted by atomic mass is 9.87. The minimum Gasteiger partial charge on any atom is -0.354 e. The van der Waals surface area contributed by atoms with E-state index >= 15 is 0 Å². The number of benzene rings is 1. The van der Waals surface area contributed by atoms with Crippen molar-refractivity contribution in [3.05, 3.63) is 52.8 Å². The van der Waals surface area contributed by atoms with Crippen LogP contribution in [-0.2, 0) is 6.42 Å². The molecule has 190 valence electrons. The molecule has 2 aliphatic heterocycles. The minimum absolute atomic E-state index is 0.649. The Morgan fingerprint density at radius 3 is 2.56 bits per heavy atom. The van der Waals surface area contributed by atoms with Gasteiger partial charge < -0.3 is 19.8 Å². The predicted molar refractivity (Wildman–Crippen MR) is 151 cm³/mol. The first-order valence-electron chi connectivity index (χ1n) is 13.8. The van der Waals surface area contributed by atoms with Crippen molar-refractivity contribution in [3.8, 4) is 11.3 Å². The molecule has 6 heteroatoms. The number of rotatable bonds is 5. The molecule has 2 saturated heterocycles.